The molecule has 2 heterocycles. The SMILES string of the molecule is CC(C)NC(=O)Cc1ccc(S(=O)(=O)N2CCCCC2)s1. The van der Waals surface area contributed by atoms with E-state index in [4.69, 9.17) is 0 Å². The van der Waals surface area contributed by atoms with Gasteiger partial charge in [0.15, 0.2) is 0 Å². The molecule has 1 aliphatic rings. The third kappa shape index (κ3) is 4.28. The molecule has 1 aromatic heterocycles. The Morgan fingerprint density at radius 2 is 1.95 bits per heavy atom. The number of rotatable bonds is 5. The van der Waals surface area contributed by atoms with E-state index >= 15 is 0 Å². The molecule has 1 fully saturated rings. The molecule has 0 radical (unpaired) electrons. The molecule has 0 atom stereocenters. The lowest BCUT2D eigenvalue weighted by atomic mass is 10.2. The van der Waals surface area contributed by atoms with Crippen LogP contribution < -0.4 is 5.32 Å². The van der Waals surface area contributed by atoms with Gasteiger partial charge in [0.1, 0.15) is 4.21 Å². The smallest absolute Gasteiger partial charge is 0.252 e. The Hall–Kier alpha value is -0.920. The molecule has 0 aliphatic carbocycles. The van der Waals surface area contributed by atoms with Gasteiger partial charge in [-0.05, 0) is 38.8 Å². The van der Waals surface area contributed by atoms with Crippen LogP contribution in [0, 0.1) is 0 Å². The third-order valence-corrected chi connectivity index (χ3v) is 6.78. The second-order valence-electron chi connectivity index (χ2n) is 5.58. The molecule has 0 spiro atoms. The molecule has 21 heavy (non-hydrogen) atoms. The van der Waals surface area contributed by atoms with Crippen LogP contribution in [-0.4, -0.2) is 37.8 Å². The van der Waals surface area contributed by atoms with Crippen molar-refractivity contribution in [2.75, 3.05) is 13.1 Å². The first-order valence-corrected chi connectivity index (χ1v) is 9.53. The fourth-order valence-electron chi connectivity index (χ4n) is 2.36. The molecule has 1 amide bonds. The Kier molecular flexibility index (Phi) is 5.40. The van der Waals surface area contributed by atoms with Crippen LogP contribution in [0.2, 0.25) is 0 Å². The van der Waals surface area contributed by atoms with E-state index in [0.717, 1.165) is 24.1 Å². The molecule has 7 heteroatoms. The molecule has 5 nitrogen and oxygen atoms in total. The first kappa shape index (κ1) is 16.5. The van der Waals surface area contributed by atoms with E-state index in [1.165, 1.54) is 11.3 Å². The number of sulfonamides is 1. The Morgan fingerprint density at radius 1 is 1.29 bits per heavy atom. The van der Waals surface area contributed by atoms with Crippen molar-refractivity contribution in [2.45, 2.75) is 49.8 Å². The van der Waals surface area contributed by atoms with Crippen LogP contribution in [0.25, 0.3) is 0 Å². The summed E-state index contributed by atoms with van der Waals surface area (Å²) < 4.78 is 26.9. The highest BCUT2D eigenvalue weighted by Gasteiger charge is 2.27. The summed E-state index contributed by atoms with van der Waals surface area (Å²) in [6, 6.07) is 3.45. The minimum atomic E-state index is -3.38. The van der Waals surface area contributed by atoms with E-state index in [2.05, 4.69) is 5.32 Å². The van der Waals surface area contributed by atoms with Crippen LogP contribution in [0.5, 0.6) is 0 Å². The van der Waals surface area contributed by atoms with Gasteiger partial charge >= 0.3 is 0 Å². The summed E-state index contributed by atoms with van der Waals surface area (Å²) >= 11 is 1.20. The molecule has 2 rings (SSSR count). The number of amides is 1. The fourth-order valence-corrected chi connectivity index (χ4v) is 5.38. The Bertz CT molecular complexity index is 587. The molecule has 0 saturated carbocycles. The Labute approximate surface area is 130 Å². The van der Waals surface area contributed by atoms with Crippen molar-refractivity contribution in [2.24, 2.45) is 0 Å². The summed E-state index contributed by atoms with van der Waals surface area (Å²) in [5, 5.41) is 2.81. The minimum absolute atomic E-state index is 0.0752. The van der Waals surface area contributed by atoms with Crippen molar-refractivity contribution in [1.29, 1.82) is 0 Å². The maximum absolute atomic E-state index is 12.5. The standard InChI is InChI=1S/C14H22N2O3S2/c1-11(2)15-13(17)10-12-6-7-14(20-12)21(18,19)16-8-4-3-5-9-16/h6-7,11H,3-5,8-10H2,1-2H3,(H,15,17). The van der Waals surface area contributed by atoms with Gasteiger partial charge in [0.25, 0.3) is 10.0 Å². The summed E-state index contributed by atoms with van der Waals surface area (Å²) in [5.41, 5.74) is 0. The van der Waals surface area contributed by atoms with Crippen molar-refractivity contribution in [3.63, 3.8) is 0 Å². The topological polar surface area (TPSA) is 66.5 Å². The molecule has 1 N–H and O–H groups in total. The van der Waals surface area contributed by atoms with Gasteiger partial charge < -0.3 is 5.32 Å². The molecule has 0 unspecified atom stereocenters. The maximum Gasteiger partial charge on any atom is 0.252 e. The molecule has 1 aliphatic heterocycles. The largest absolute Gasteiger partial charge is 0.354 e. The van der Waals surface area contributed by atoms with E-state index < -0.39 is 10.0 Å². The number of nitrogens with one attached hydrogen (secondary N) is 1. The van der Waals surface area contributed by atoms with Gasteiger partial charge in [0.2, 0.25) is 5.91 Å². The molecular formula is C14H22N2O3S2. The van der Waals surface area contributed by atoms with Gasteiger partial charge in [-0.25, -0.2) is 8.42 Å². The molecule has 0 bridgehead atoms. The van der Waals surface area contributed by atoms with E-state index in [-0.39, 0.29) is 18.4 Å². The number of piperidine rings is 1. The van der Waals surface area contributed by atoms with Crippen molar-refractivity contribution < 1.29 is 13.2 Å². The second kappa shape index (κ2) is 6.89. The Morgan fingerprint density at radius 3 is 2.57 bits per heavy atom. The van der Waals surface area contributed by atoms with Crippen molar-refractivity contribution in [3.05, 3.63) is 17.0 Å². The number of thiophene rings is 1. The van der Waals surface area contributed by atoms with E-state index in [1.54, 1.807) is 16.4 Å². The zero-order chi connectivity index (χ0) is 15.5. The summed E-state index contributed by atoms with van der Waals surface area (Å²) in [4.78, 5) is 12.5. The highest BCUT2D eigenvalue weighted by molar-refractivity contribution is 7.91. The lowest BCUT2D eigenvalue weighted by Crippen LogP contribution is -2.35. The third-order valence-electron chi connectivity index (χ3n) is 3.33. The highest BCUT2D eigenvalue weighted by atomic mass is 32.2. The molecule has 118 valence electrons. The highest BCUT2D eigenvalue weighted by Crippen LogP contribution is 2.27. The molecule has 1 aromatic rings. The first-order chi connectivity index (χ1) is 9.89. The predicted molar refractivity (Wildman–Crippen MR) is 83.9 cm³/mol. The van der Waals surface area contributed by atoms with Gasteiger partial charge in [-0.3, -0.25) is 4.79 Å². The van der Waals surface area contributed by atoms with Gasteiger partial charge in [-0.1, -0.05) is 6.42 Å². The number of hydrogen-bond donors (Lipinski definition) is 1. The lowest BCUT2D eigenvalue weighted by molar-refractivity contribution is -0.120. The fraction of sp³-hybridized carbons (Fsp3) is 0.643. The van der Waals surface area contributed by atoms with Gasteiger partial charge in [-0.15, -0.1) is 11.3 Å². The van der Waals surface area contributed by atoms with Crippen LogP contribution in [0.1, 0.15) is 38.0 Å². The Balaban J connectivity index is 2.06. The number of hydrogen-bond acceptors (Lipinski definition) is 4. The molecular weight excluding hydrogens is 308 g/mol. The van der Waals surface area contributed by atoms with Crippen LogP contribution in [0.4, 0.5) is 0 Å². The van der Waals surface area contributed by atoms with E-state index in [9.17, 15) is 13.2 Å². The zero-order valence-corrected chi connectivity index (χ0v) is 14.1. The number of carbonyl (C=O) groups excluding carboxylic acids is 1. The monoisotopic (exact) mass is 330 g/mol. The van der Waals surface area contributed by atoms with Crippen molar-refractivity contribution in [3.8, 4) is 0 Å². The number of carbonyl (C=O) groups is 1. The van der Waals surface area contributed by atoms with Crippen LogP contribution >= 0.6 is 11.3 Å². The van der Waals surface area contributed by atoms with Crippen molar-refractivity contribution in [1.82, 2.24) is 9.62 Å². The minimum Gasteiger partial charge on any atom is -0.354 e. The molecule has 0 aromatic carbocycles. The van der Waals surface area contributed by atoms with Crippen LogP contribution in [0.3, 0.4) is 0 Å². The summed E-state index contributed by atoms with van der Waals surface area (Å²) in [5.74, 6) is -0.0752. The number of nitrogens with zero attached hydrogens (tertiary/aromatic N) is 1. The van der Waals surface area contributed by atoms with E-state index in [1.807, 2.05) is 13.8 Å². The lowest BCUT2D eigenvalue weighted by Gasteiger charge is -2.25. The average Bonchev–Trinajstić information content (AvgIpc) is 2.88. The van der Waals surface area contributed by atoms with Gasteiger partial charge in [-0.2, -0.15) is 4.31 Å². The summed E-state index contributed by atoms with van der Waals surface area (Å²) in [6.45, 7) is 5.00. The first-order valence-electron chi connectivity index (χ1n) is 7.28. The van der Waals surface area contributed by atoms with Crippen LogP contribution in [-0.2, 0) is 21.2 Å². The average molecular weight is 330 g/mol. The zero-order valence-electron chi connectivity index (χ0n) is 12.5. The second-order valence-corrected chi connectivity index (χ2v) is 8.92. The normalized spacial score (nSPS) is 17.1. The summed E-state index contributed by atoms with van der Waals surface area (Å²) in [6.07, 6.45) is 3.18. The van der Waals surface area contributed by atoms with Gasteiger partial charge in [0, 0.05) is 24.0 Å². The van der Waals surface area contributed by atoms with E-state index in [0.29, 0.717) is 17.3 Å². The van der Waals surface area contributed by atoms with Crippen molar-refractivity contribution >= 4 is 27.3 Å². The predicted octanol–water partition coefficient (Wildman–Crippen LogP) is 1.99. The van der Waals surface area contributed by atoms with Crippen LogP contribution in [0.15, 0.2) is 16.3 Å². The maximum atomic E-state index is 12.5. The van der Waals surface area contributed by atoms with Gasteiger partial charge in [0.05, 0.1) is 6.42 Å². The molecule has 1 saturated heterocycles. The quantitative estimate of drug-likeness (QED) is 0.898. The summed E-state index contributed by atoms with van der Waals surface area (Å²) in [7, 11) is -3.38.